The van der Waals surface area contributed by atoms with Crippen LogP contribution in [0, 0.1) is 75.4 Å². The van der Waals surface area contributed by atoms with E-state index in [1.54, 1.807) is 136 Å². The van der Waals surface area contributed by atoms with Gasteiger partial charge in [-0.25, -0.2) is 40.7 Å². The lowest BCUT2D eigenvalue weighted by Crippen LogP contribution is -2.14. The molecular formula is C87H86F6N18O15. The largest absolute Gasteiger partial charge is 0.450 e. The number of carbonyl (C=O) groups is 4. The van der Waals surface area contributed by atoms with E-state index in [2.05, 4.69) is 42.2 Å². The Kier molecular flexibility index (Phi) is 39.4. The molecule has 0 heterocycles. The Hall–Kier alpha value is -17.0. The van der Waals surface area contributed by atoms with Crippen LogP contribution in [0.5, 0.6) is 0 Å². The molecule has 0 bridgehead atoms. The summed E-state index contributed by atoms with van der Waals surface area (Å²) in [7, 11) is 0. The number of aldehydes is 1. The molecule has 0 fully saturated rings. The van der Waals surface area contributed by atoms with E-state index >= 15 is 0 Å². The second-order valence-corrected chi connectivity index (χ2v) is 25.6. The molecule has 0 aliphatic heterocycles. The van der Waals surface area contributed by atoms with Crippen molar-refractivity contribution >= 4 is 133 Å². The van der Waals surface area contributed by atoms with E-state index in [9.17, 15) is 86.0 Å². The number of nitrogens with zero attached hydrogens (tertiary/aromatic N) is 5. The summed E-state index contributed by atoms with van der Waals surface area (Å²) in [5, 5.41) is 62.7. The van der Waals surface area contributed by atoms with E-state index in [0.29, 0.717) is 102 Å². The van der Waals surface area contributed by atoms with Gasteiger partial charge >= 0.3 is 18.3 Å². The first-order valence-corrected chi connectivity index (χ1v) is 37.4. The Bertz CT molecular complexity index is 5550. The lowest BCUT2D eigenvalue weighted by molar-refractivity contribution is -0.384. The first-order chi connectivity index (χ1) is 60.2. The van der Waals surface area contributed by atoms with E-state index in [1.165, 1.54) is 146 Å². The van der Waals surface area contributed by atoms with Crippen LogP contribution in [0.4, 0.5) is 143 Å². The molecule has 19 N–H and O–H groups in total. The van der Waals surface area contributed by atoms with Gasteiger partial charge in [-0.05, 0) is 218 Å². The van der Waals surface area contributed by atoms with Gasteiger partial charge in [0.2, 0.25) is 0 Å². The number of rotatable bonds is 25. The third-order valence-corrected chi connectivity index (χ3v) is 16.4. The van der Waals surface area contributed by atoms with Crippen molar-refractivity contribution in [3.8, 4) is 0 Å². The lowest BCUT2D eigenvalue weighted by atomic mass is 10.2. The Morgan fingerprint density at radius 2 is 0.611 bits per heavy atom. The van der Waals surface area contributed by atoms with Gasteiger partial charge in [0.15, 0.2) is 0 Å². The molecule has 0 aromatic heterocycles. The van der Waals surface area contributed by atoms with Gasteiger partial charge in [-0.15, -0.1) is 0 Å². The summed E-state index contributed by atoms with van der Waals surface area (Å²) in [4.78, 5) is 88.8. The number of amides is 3. The minimum atomic E-state index is -0.757. The molecule has 12 aromatic rings. The van der Waals surface area contributed by atoms with Crippen molar-refractivity contribution in [2.45, 2.75) is 47.0 Å². The highest BCUT2D eigenvalue weighted by molar-refractivity contribution is 5.91. The SMILES string of the molecule is CCOC(=O)Nc1ccc(NCc2ccc(F)cc2)cc1N.CCOC(=O)Nc1ccc(NCc2ccc(F)cc2)cc1N.CCOC(=O)Nc1ccc(NCc2ccc(F)cc2)cc1[N+](=O)[O-].Nc1ccc(N)c([N+](=O)[O-])c1.Nc1ccc(N=Cc2ccc(F)cc2)cc1[N+](=O)[O-].Nc1ccc(NCc2ccc(F)cc2)cc1[N+](=O)[O-].O=Cc1ccc(F)cc1. The molecule has 0 unspecified atom stereocenters. The molecule has 12 aromatic carbocycles. The van der Waals surface area contributed by atoms with Crippen molar-refractivity contribution in [2.75, 3.05) is 91.4 Å². The standard InChI is InChI=1S/C16H16FN3O4.2C16H18FN3O2.C13H12FN3O2.C13H10FN3O2.C7H5FO.C6H7N3O2/c1-2-24-16(21)19-14-8-7-13(9-15(14)20(22)23)18-10-11-3-5-12(17)6-4-11;2*1-2-22-16(21)20-15-8-7-13(9-14(15)18)19-10-11-3-5-12(17)6-4-11;2*14-10-3-1-9(2-4-10)8-16-11-5-6-12(15)13(7-11)17(18)19;8-7-3-1-6(5-9)2-4-7;7-4-1-2-5(8)6(3-4)9(10)11/h3-9,18H,2,10H2,1H3,(H,19,21);2*3-9,19H,2,10,18H2,1H3,(H,20,21);1-7,16H,8,15H2;1-8H,15H2;1-5H;1-3H,7-8H2. The quantitative estimate of drug-likeness (QED) is 0.00481. The fourth-order valence-corrected chi connectivity index (χ4v) is 10.1. The number of halogens is 6. The maximum absolute atomic E-state index is 12.9. The van der Waals surface area contributed by atoms with Gasteiger partial charge in [-0.1, -0.05) is 60.7 Å². The average molecular weight is 1740 g/mol. The number of nitrogen functional groups attached to an aromatic ring is 6. The monoisotopic (exact) mass is 1740 g/mol. The summed E-state index contributed by atoms with van der Waals surface area (Å²) in [5.74, 6) is -1.80. The number of carbonyl (C=O) groups excluding carboxylic acids is 4. The van der Waals surface area contributed by atoms with Crippen LogP contribution < -0.4 is 71.6 Å². The zero-order valence-electron chi connectivity index (χ0n) is 67.4. The minimum absolute atomic E-state index is 0.0470. The molecule has 0 radical (unpaired) electrons. The number of nitro benzene ring substituents is 4. The minimum Gasteiger partial charge on any atom is -0.450 e. The highest BCUT2D eigenvalue weighted by atomic mass is 19.1. The molecule has 3 amide bonds. The van der Waals surface area contributed by atoms with Crippen molar-refractivity contribution in [1.82, 2.24) is 0 Å². The summed E-state index contributed by atoms with van der Waals surface area (Å²) < 4.78 is 90.3. The van der Waals surface area contributed by atoms with Gasteiger partial charge in [0.05, 0.1) is 68.0 Å². The highest BCUT2D eigenvalue weighted by Gasteiger charge is 2.19. The fourth-order valence-electron chi connectivity index (χ4n) is 10.1. The van der Waals surface area contributed by atoms with E-state index in [0.717, 1.165) is 33.6 Å². The molecule has 12 rings (SSSR count). The number of benzene rings is 12. The first-order valence-electron chi connectivity index (χ1n) is 37.4. The third-order valence-electron chi connectivity index (χ3n) is 16.4. The van der Waals surface area contributed by atoms with Gasteiger partial charge < -0.3 is 69.9 Å². The van der Waals surface area contributed by atoms with E-state index in [4.69, 9.17) is 48.6 Å². The van der Waals surface area contributed by atoms with Crippen LogP contribution in [0.25, 0.3) is 0 Å². The molecule has 126 heavy (non-hydrogen) atoms. The van der Waals surface area contributed by atoms with Crippen LogP contribution in [0.1, 0.15) is 58.9 Å². The molecule has 0 atom stereocenters. The Morgan fingerprint density at radius 1 is 0.333 bits per heavy atom. The summed E-state index contributed by atoms with van der Waals surface area (Å²) >= 11 is 0. The molecular weight excluding hydrogens is 1650 g/mol. The van der Waals surface area contributed by atoms with Gasteiger partial charge in [0, 0.05) is 90.7 Å². The number of aliphatic imine (C=N–C) groups is 1. The predicted octanol–water partition coefficient (Wildman–Crippen LogP) is 19.5. The van der Waals surface area contributed by atoms with E-state index in [1.807, 2.05) is 0 Å². The molecule has 0 aliphatic carbocycles. The molecule has 0 saturated heterocycles. The predicted molar refractivity (Wildman–Crippen MR) is 474 cm³/mol. The summed E-state index contributed by atoms with van der Waals surface area (Å²) in [6.45, 7) is 7.76. The summed E-state index contributed by atoms with van der Waals surface area (Å²) in [6.07, 6.45) is 0.337. The zero-order chi connectivity index (χ0) is 92.2. The van der Waals surface area contributed by atoms with Crippen LogP contribution in [0.2, 0.25) is 0 Å². The number of nitrogens with two attached hydrogens (primary N) is 6. The van der Waals surface area contributed by atoms with Gasteiger partial charge in [0.1, 0.15) is 63.9 Å². The number of ether oxygens (including phenoxy) is 3. The topological polar surface area (TPSA) is 521 Å². The van der Waals surface area contributed by atoms with E-state index in [-0.39, 0.29) is 87.0 Å². The van der Waals surface area contributed by atoms with Crippen molar-refractivity contribution in [3.63, 3.8) is 0 Å². The summed E-state index contributed by atoms with van der Waals surface area (Å²) in [6, 6.07) is 63.2. The normalized spacial score (nSPS) is 10.1. The highest BCUT2D eigenvalue weighted by Crippen LogP contribution is 2.32. The van der Waals surface area contributed by atoms with Crippen molar-refractivity contribution in [1.29, 1.82) is 0 Å². The maximum atomic E-state index is 12.9. The Labute approximate surface area is 716 Å². The number of hydrogen-bond acceptors (Lipinski definition) is 26. The molecule has 0 aliphatic rings. The van der Waals surface area contributed by atoms with Crippen molar-refractivity contribution in [2.24, 2.45) is 4.99 Å². The number of anilines is 13. The lowest BCUT2D eigenvalue weighted by Gasteiger charge is -2.11. The van der Waals surface area contributed by atoms with Crippen molar-refractivity contribution in [3.05, 3.63) is 364 Å². The van der Waals surface area contributed by atoms with Crippen LogP contribution in [-0.4, -0.2) is 70.3 Å². The Morgan fingerprint density at radius 3 is 0.937 bits per heavy atom. The van der Waals surface area contributed by atoms with Crippen LogP contribution >= 0.6 is 0 Å². The van der Waals surface area contributed by atoms with Gasteiger partial charge in [-0.2, -0.15) is 0 Å². The van der Waals surface area contributed by atoms with Crippen LogP contribution in [0.15, 0.2) is 260 Å². The molecule has 33 nitrogen and oxygen atoms in total. The van der Waals surface area contributed by atoms with Gasteiger partial charge in [-0.3, -0.25) is 66.2 Å². The smallest absolute Gasteiger partial charge is 0.411 e. The molecule has 0 saturated carbocycles. The molecule has 656 valence electrons. The van der Waals surface area contributed by atoms with Crippen LogP contribution in [-0.2, 0) is 40.4 Å². The second kappa shape index (κ2) is 50.8. The summed E-state index contributed by atoms with van der Waals surface area (Å²) in [5.41, 5.74) is 43.1. The number of hydrogen-bond donors (Lipinski definition) is 13. The second-order valence-electron chi connectivity index (χ2n) is 25.6. The fraction of sp³-hybridized carbons (Fsp3) is 0.115. The third kappa shape index (κ3) is 35.1. The Balaban J connectivity index is 0.000000231. The molecule has 39 heteroatoms. The number of nitrogens with one attached hydrogen (secondary N) is 7. The first kappa shape index (κ1) is 97.8. The maximum Gasteiger partial charge on any atom is 0.411 e. The van der Waals surface area contributed by atoms with E-state index < -0.39 is 38.0 Å². The molecule has 0 spiro atoms. The number of nitro groups is 4. The van der Waals surface area contributed by atoms with Gasteiger partial charge in [0.25, 0.3) is 22.7 Å². The average Bonchev–Trinajstić information content (AvgIpc) is 0.849. The van der Waals surface area contributed by atoms with Crippen molar-refractivity contribution < 1.29 is 79.4 Å². The zero-order valence-corrected chi connectivity index (χ0v) is 67.4. The van der Waals surface area contributed by atoms with Crippen LogP contribution in [0.3, 0.4) is 0 Å².